The van der Waals surface area contributed by atoms with Crippen molar-refractivity contribution in [1.29, 1.82) is 0 Å². The minimum absolute atomic E-state index is 0. The first-order chi connectivity index (χ1) is 8.18. The molecule has 18 heavy (non-hydrogen) atoms. The van der Waals surface area contributed by atoms with Gasteiger partial charge in [0.15, 0.2) is 0 Å². The molecule has 0 spiro atoms. The maximum absolute atomic E-state index is 10.4. The normalized spacial score (nSPS) is 9.83. The molecular formula is C15H27NaO2. The van der Waals surface area contributed by atoms with Crippen molar-refractivity contribution in [2.45, 2.75) is 77.6 Å². The fraction of sp³-hybridized carbons (Fsp3) is 0.800. The Morgan fingerprint density at radius 3 is 1.67 bits per heavy atom. The van der Waals surface area contributed by atoms with Crippen molar-refractivity contribution in [3.8, 4) is 0 Å². The predicted molar refractivity (Wildman–Crippen MR) is 70.6 cm³/mol. The summed E-state index contributed by atoms with van der Waals surface area (Å²) in [7, 11) is 0. The number of aliphatic carboxylic acids is 1. The second kappa shape index (κ2) is 15.3. The van der Waals surface area contributed by atoms with Crippen LogP contribution >= 0.6 is 0 Å². The molecule has 0 aliphatic heterocycles. The van der Waals surface area contributed by atoms with Gasteiger partial charge in [-0.2, -0.15) is 0 Å². The second-order valence-electron chi connectivity index (χ2n) is 4.82. The zero-order valence-corrected chi connectivity index (χ0v) is 14.3. The third kappa shape index (κ3) is 14.3. The Bertz CT molecular complexity index is 215. The molecule has 0 aliphatic carbocycles. The molecule has 0 aromatic heterocycles. The van der Waals surface area contributed by atoms with Crippen LogP contribution in [-0.4, -0.2) is 5.97 Å². The SMILES string of the molecule is C=C(CCCCCCCCCCCC)C(=O)[O-].[Na+]. The van der Waals surface area contributed by atoms with Gasteiger partial charge in [-0.15, -0.1) is 0 Å². The number of rotatable bonds is 12. The molecular weight excluding hydrogens is 235 g/mol. The largest absolute Gasteiger partial charge is 1.00 e. The van der Waals surface area contributed by atoms with Gasteiger partial charge in [0.05, 0.1) is 5.97 Å². The Morgan fingerprint density at radius 2 is 1.28 bits per heavy atom. The Labute approximate surface area is 135 Å². The van der Waals surface area contributed by atoms with Crippen LogP contribution in [0.25, 0.3) is 0 Å². The Hall–Kier alpha value is 0.210. The molecule has 0 unspecified atom stereocenters. The van der Waals surface area contributed by atoms with E-state index >= 15 is 0 Å². The summed E-state index contributed by atoms with van der Waals surface area (Å²) in [5, 5.41) is 10.4. The molecule has 0 saturated heterocycles. The minimum Gasteiger partial charge on any atom is -0.545 e. The Balaban J connectivity index is 0. The van der Waals surface area contributed by atoms with Crippen molar-refractivity contribution < 1.29 is 39.5 Å². The van der Waals surface area contributed by atoms with Gasteiger partial charge in [-0.05, 0) is 18.4 Å². The van der Waals surface area contributed by atoms with Gasteiger partial charge in [0, 0.05) is 0 Å². The molecule has 0 aliphatic rings. The molecule has 0 radical (unpaired) electrons. The number of carbonyl (C=O) groups excluding carboxylic acids is 1. The van der Waals surface area contributed by atoms with E-state index in [-0.39, 0.29) is 35.1 Å². The topological polar surface area (TPSA) is 40.1 Å². The number of hydrogen-bond acceptors (Lipinski definition) is 2. The summed E-state index contributed by atoms with van der Waals surface area (Å²) in [5.41, 5.74) is 0.240. The first kappa shape index (κ1) is 20.5. The molecule has 2 nitrogen and oxygen atoms in total. The maximum atomic E-state index is 10.4. The van der Waals surface area contributed by atoms with Crippen molar-refractivity contribution >= 4 is 5.97 Å². The molecule has 0 amide bonds. The monoisotopic (exact) mass is 262 g/mol. The summed E-state index contributed by atoms with van der Waals surface area (Å²) >= 11 is 0. The fourth-order valence-electron chi connectivity index (χ4n) is 1.93. The van der Waals surface area contributed by atoms with Gasteiger partial charge < -0.3 is 9.90 Å². The average molecular weight is 262 g/mol. The smallest absolute Gasteiger partial charge is 0.545 e. The molecule has 0 saturated carbocycles. The molecule has 100 valence electrons. The van der Waals surface area contributed by atoms with Crippen LogP contribution in [0, 0.1) is 0 Å². The van der Waals surface area contributed by atoms with Crippen LogP contribution in [0.3, 0.4) is 0 Å². The summed E-state index contributed by atoms with van der Waals surface area (Å²) in [6.45, 7) is 5.70. The van der Waals surface area contributed by atoms with E-state index in [0.29, 0.717) is 6.42 Å². The van der Waals surface area contributed by atoms with Crippen molar-refractivity contribution in [3.05, 3.63) is 12.2 Å². The van der Waals surface area contributed by atoms with Crippen LogP contribution in [0.4, 0.5) is 0 Å². The van der Waals surface area contributed by atoms with Gasteiger partial charge in [-0.25, -0.2) is 0 Å². The molecule has 0 fully saturated rings. The van der Waals surface area contributed by atoms with Crippen LogP contribution in [0.15, 0.2) is 12.2 Å². The van der Waals surface area contributed by atoms with Gasteiger partial charge in [0.1, 0.15) is 0 Å². The summed E-state index contributed by atoms with van der Waals surface area (Å²) in [4.78, 5) is 10.4. The minimum atomic E-state index is -1.10. The molecule has 3 heteroatoms. The zero-order valence-electron chi connectivity index (χ0n) is 12.3. The molecule has 0 rings (SSSR count). The van der Waals surface area contributed by atoms with E-state index in [2.05, 4.69) is 13.5 Å². The van der Waals surface area contributed by atoms with Crippen molar-refractivity contribution in [2.24, 2.45) is 0 Å². The van der Waals surface area contributed by atoms with Gasteiger partial charge >= 0.3 is 29.6 Å². The van der Waals surface area contributed by atoms with Gasteiger partial charge in [0.2, 0.25) is 0 Å². The van der Waals surface area contributed by atoms with Crippen molar-refractivity contribution in [1.82, 2.24) is 0 Å². The van der Waals surface area contributed by atoms with E-state index in [1.165, 1.54) is 51.4 Å². The van der Waals surface area contributed by atoms with Crippen LogP contribution in [0.1, 0.15) is 77.6 Å². The van der Waals surface area contributed by atoms with Crippen LogP contribution in [0.2, 0.25) is 0 Å². The van der Waals surface area contributed by atoms with Gasteiger partial charge in [-0.1, -0.05) is 71.3 Å². The van der Waals surface area contributed by atoms with Crippen LogP contribution < -0.4 is 34.7 Å². The first-order valence-corrected chi connectivity index (χ1v) is 7.07. The number of unbranched alkanes of at least 4 members (excludes halogenated alkanes) is 9. The van der Waals surface area contributed by atoms with E-state index < -0.39 is 5.97 Å². The second-order valence-corrected chi connectivity index (χ2v) is 4.82. The van der Waals surface area contributed by atoms with Crippen molar-refractivity contribution in [2.75, 3.05) is 0 Å². The first-order valence-electron chi connectivity index (χ1n) is 7.07. The Kier molecular flexibility index (Phi) is 17.4. The standard InChI is InChI=1S/C15H28O2.Na/c1-3-4-5-6-7-8-9-10-11-12-13-14(2)15(16)17;/h2-13H2,1H3,(H,16,17);/q;+1/p-1. The van der Waals surface area contributed by atoms with E-state index in [1.54, 1.807) is 0 Å². The van der Waals surface area contributed by atoms with E-state index in [1.807, 2.05) is 0 Å². The maximum Gasteiger partial charge on any atom is 1.00 e. The number of carboxylic acid groups (broad SMARTS) is 1. The van der Waals surface area contributed by atoms with E-state index in [4.69, 9.17) is 0 Å². The average Bonchev–Trinajstić information content (AvgIpc) is 2.31. The summed E-state index contributed by atoms with van der Waals surface area (Å²) in [6.07, 6.45) is 13.2. The summed E-state index contributed by atoms with van der Waals surface area (Å²) < 4.78 is 0. The molecule has 0 heterocycles. The summed E-state index contributed by atoms with van der Waals surface area (Å²) in [5.74, 6) is -1.10. The molecule has 0 aromatic carbocycles. The quantitative estimate of drug-likeness (QED) is 0.294. The fourth-order valence-corrected chi connectivity index (χ4v) is 1.93. The van der Waals surface area contributed by atoms with Gasteiger partial charge in [-0.3, -0.25) is 0 Å². The Morgan fingerprint density at radius 1 is 0.889 bits per heavy atom. The molecule has 0 N–H and O–H groups in total. The zero-order chi connectivity index (χ0) is 12.9. The number of carbonyl (C=O) groups is 1. The van der Waals surface area contributed by atoms with E-state index in [9.17, 15) is 9.90 Å². The third-order valence-electron chi connectivity index (χ3n) is 3.12. The molecule has 0 bridgehead atoms. The third-order valence-corrected chi connectivity index (χ3v) is 3.12. The summed E-state index contributed by atoms with van der Waals surface area (Å²) in [6, 6.07) is 0. The predicted octanol–water partition coefficient (Wildman–Crippen LogP) is 0.608. The molecule has 0 atom stereocenters. The number of carboxylic acids is 1. The number of hydrogen-bond donors (Lipinski definition) is 0. The van der Waals surface area contributed by atoms with E-state index in [0.717, 1.165) is 12.8 Å². The van der Waals surface area contributed by atoms with Crippen LogP contribution in [0.5, 0.6) is 0 Å². The van der Waals surface area contributed by atoms with Crippen molar-refractivity contribution in [3.63, 3.8) is 0 Å². The van der Waals surface area contributed by atoms with Gasteiger partial charge in [0.25, 0.3) is 0 Å². The van der Waals surface area contributed by atoms with Crippen LogP contribution in [-0.2, 0) is 4.79 Å². The molecule has 0 aromatic rings.